The molecule has 1 aromatic carbocycles. The highest BCUT2D eigenvalue weighted by atomic mass is 79.9. The number of hydrogen-bond donors (Lipinski definition) is 0. The molecule has 76 valence electrons. The van der Waals surface area contributed by atoms with Gasteiger partial charge in [-0.15, -0.1) is 0 Å². The predicted molar refractivity (Wildman–Crippen MR) is 62.6 cm³/mol. The number of methoxy groups -OCH3 is 1. The maximum atomic E-state index is 9.00. The highest BCUT2D eigenvalue weighted by molar-refractivity contribution is 9.10. The van der Waals surface area contributed by atoms with Gasteiger partial charge >= 0.3 is 0 Å². The largest absolute Gasteiger partial charge is 0.496 e. The molecule has 0 N–H and O–H groups in total. The van der Waals surface area contributed by atoms with Crippen molar-refractivity contribution in [1.29, 1.82) is 5.26 Å². The average molecular weight is 264 g/mol. The Labute approximate surface area is 97.3 Å². The second-order valence-corrected chi connectivity index (χ2v) is 4.27. The summed E-state index contributed by atoms with van der Waals surface area (Å²) >= 11 is 3.45. The molecule has 0 aromatic heterocycles. The van der Waals surface area contributed by atoms with E-state index in [2.05, 4.69) is 22.0 Å². The van der Waals surface area contributed by atoms with Crippen LogP contribution in [0.25, 0.3) is 5.57 Å². The summed E-state index contributed by atoms with van der Waals surface area (Å²) in [6.45, 7) is 0. The summed E-state index contributed by atoms with van der Waals surface area (Å²) in [6, 6.07) is 6.19. The molecule has 0 aliphatic heterocycles. The van der Waals surface area contributed by atoms with Crippen molar-refractivity contribution in [3.63, 3.8) is 0 Å². The second kappa shape index (κ2) is 4.08. The number of aryl methyl sites for hydroxylation is 1. The van der Waals surface area contributed by atoms with Gasteiger partial charge in [-0.3, -0.25) is 0 Å². The van der Waals surface area contributed by atoms with Gasteiger partial charge in [0.25, 0.3) is 0 Å². The van der Waals surface area contributed by atoms with Crippen molar-refractivity contribution in [1.82, 2.24) is 0 Å². The Bertz CT molecular complexity index is 471. The number of hydrogen-bond acceptors (Lipinski definition) is 2. The fourth-order valence-corrected chi connectivity index (χ4v) is 2.35. The lowest BCUT2D eigenvalue weighted by Gasteiger charge is -2.15. The first-order valence-corrected chi connectivity index (χ1v) is 5.52. The molecule has 1 aliphatic rings. The number of nitriles is 1. The van der Waals surface area contributed by atoms with Gasteiger partial charge < -0.3 is 4.74 Å². The van der Waals surface area contributed by atoms with E-state index in [1.54, 1.807) is 7.11 Å². The standard InChI is InChI=1S/C12H10BrNO/c1-15-12-6-10-8(5-11(12)13)3-2-4-9(10)7-14/h4-6H,2-3H2,1H3. The summed E-state index contributed by atoms with van der Waals surface area (Å²) in [5, 5.41) is 9.00. The zero-order chi connectivity index (χ0) is 10.8. The lowest BCUT2D eigenvalue weighted by Crippen LogP contribution is -2.00. The van der Waals surface area contributed by atoms with Crippen LogP contribution in [0, 0.1) is 11.3 Å². The van der Waals surface area contributed by atoms with E-state index in [-0.39, 0.29) is 0 Å². The third kappa shape index (κ3) is 1.78. The van der Waals surface area contributed by atoms with E-state index in [0.29, 0.717) is 0 Å². The van der Waals surface area contributed by atoms with Gasteiger partial charge in [0.05, 0.1) is 23.2 Å². The molecule has 0 saturated heterocycles. The van der Waals surface area contributed by atoms with Crippen molar-refractivity contribution in [2.24, 2.45) is 0 Å². The Morgan fingerprint density at radius 1 is 1.47 bits per heavy atom. The monoisotopic (exact) mass is 263 g/mol. The van der Waals surface area contributed by atoms with Crippen LogP contribution in [0.15, 0.2) is 22.7 Å². The van der Waals surface area contributed by atoms with Gasteiger partial charge in [-0.05, 0) is 52.0 Å². The second-order valence-electron chi connectivity index (χ2n) is 3.41. The van der Waals surface area contributed by atoms with Crippen LogP contribution in [0.2, 0.25) is 0 Å². The van der Waals surface area contributed by atoms with E-state index in [1.165, 1.54) is 5.56 Å². The Hall–Kier alpha value is -1.27. The molecule has 2 nitrogen and oxygen atoms in total. The molecule has 0 heterocycles. The molecule has 15 heavy (non-hydrogen) atoms. The zero-order valence-electron chi connectivity index (χ0n) is 8.38. The van der Waals surface area contributed by atoms with Crippen molar-refractivity contribution in [2.45, 2.75) is 12.8 Å². The summed E-state index contributed by atoms with van der Waals surface area (Å²) in [4.78, 5) is 0. The fourth-order valence-electron chi connectivity index (χ4n) is 1.80. The number of rotatable bonds is 1. The Balaban J connectivity index is 2.59. The molecule has 0 atom stereocenters. The molecule has 3 heteroatoms. The lowest BCUT2D eigenvalue weighted by molar-refractivity contribution is 0.412. The predicted octanol–water partition coefficient (Wildman–Crippen LogP) is 3.31. The molecule has 0 fully saturated rings. The Kier molecular flexibility index (Phi) is 2.79. The molecule has 0 amide bonds. The number of ether oxygens (including phenoxy) is 1. The molecule has 0 spiro atoms. The van der Waals surface area contributed by atoms with Crippen LogP contribution in [-0.4, -0.2) is 7.11 Å². The fraction of sp³-hybridized carbons (Fsp3) is 0.250. The van der Waals surface area contributed by atoms with E-state index >= 15 is 0 Å². The van der Waals surface area contributed by atoms with Gasteiger partial charge in [0.2, 0.25) is 0 Å². The van der Waals surface area contributed by atoms with Crippen LogP contribution in [0.1, 0.15) is 17.5 Å². The van der Waals surface area contributed by atoms with Crippen LogP contribution in [0.4, 0.5) is 0 Å². The van der Waals surface area contributed by atoms with Crippen LogP contribution >= 0.6 is 15.9 Å². The van der Waals surface area contributed by atoms with Crippen LogP contribution in [0.5, 0.6) is 5.75 Å². The minimum Gasteiger partial charge on any atom is -0.496 e. The van der Waals surface area contributed by atoms with E-state index in [9.17, 15) is 0 Å². The van der Waals surface area contributed by atoms with Crippen molar-refractivity contribution < 1.29 is 4.74 Å². The van der Waals surface area contributed by atoms with E-state index in [1.807, 2.05) is 18.2 Å². The molecule has 0 unspecified atom stereocenters. The number of benzene rings is 1. The number of halogens is 1. The highest BCUT2D eigenvalue weighted by Crippen LogP contribution is 2.34. The number of fused-ring (bicyclic) bond motifs is 1. The molecule has 0 bridgehead atoms. The molecule has 1 aliphatic carbocycles. The Morgan fingerprint density at radius 2 is 2.27 bits per heavy atom. The van der Waals surface area contributed by atoms with Crippen molar-refractivity contribution in [3.05, 3.63) is 33.8 Å². The topological polar surface area (TPSA) is 33.0 Å². The van der Waals surface area contributed by atoms with Crippen molar-refractivity contribution in [2.75, 3.05) is 7.11 Å². The van der Waals surface area contributed by atoms with Gasteiger partial charge in [0, 0.05) is 0 Å². The van der Waals surface area contributed by atoms with Crippen molar-refractivity contribution >= 4 is 21.5 Å². The van der Waals surface area contributed by atoms with Gasteiger partial charge in [-0.2, -0.15) is 5.26 Å². The number of nitrogens with zero attached hydrogens (tertiary/aromatic N) is 1. The van der Waals surface area contributed by atoms with E-state index in [0.717, 1.165) is 34.2 Å². The first kappa shape index (κ1) is 10.3. The van der Waals surface area contributed by atoms with Crippen LogP contribution < -0.4 is 4.74 Å². The third-order valence-electron chi connectivity index (χ3n) is 2.55. The summed E-state index contributed by atoms with van der Waals surface area (Å²) in [7, 11) is 1.63. The summed E-state index contributed by atoms with van der Waals surface area (Å²) < 4.78 is 6.17. The van der Waals surface area contributed by atoms with Gasteiger partial charge in [0.1, 0.15) is 5.75 Å². The summed E-state index contributed by atoms with van der Waals surface area (Å²) in [5.41, 5.74) is 2.97. The van der Waals surface area contributed by atoms with Gasteiger partial charge in [0.15, 0.2) is 0 Å². The van der Waals surface area contributed by atoms with Crippen molar-refractivity contribution in [3.8, 4) is 11.8 Å². The maximum Gasteiger partial charge on any atom is 0.133 e. The maximum absolute atomic E-state index is 9.00. The molecule has 1 aromatic rings. The first-order valence-electron chi connectivity index (χ1n) is 4.73. The first-order chi connectivity index (χ1) is 7.26. The molecule has 0 saturated carbocycles. The third-order valence-corrected chi connectivity index (χ3v) is 3.17. The summed E-state index contributed by atoms with van der Waals surface area (Å²) in [5.74, 6) is 0.775. The lowest BCUT2D eigenvalue weighted by atomic mass is 9.91. The molecular formula is C12H10BrNO. The summed E-state index contributed by atoms with van der Waals surface area (Å²) in [6.07, 6.45) is 3.91. The van der Waals surface area contributed by atoms with Gasteiger partial charge in [-0.1, -0.05) is 6.08 Å². The molecule has 2 rings (SSSR count). The van der Waals surface area contributed by atoms with Crippen LogP contribution in [-0.2, 0) is 6.42 Å². The van der Waals surface area contributed by atoms with Crippen LogP contribution in [0.3, 0.4) is 0 Å². The molecular weight excluding hydrogens is 254 g/mol. The quantitative estimate of drug-likeness (QED) is 0.779. The smallest absolute Gasteiger partial charge is 0.133 e. The highest BCUT2D eigenvalue weighted by Gasteiger charge is 2.15. The van der Waals surface area contributed by atoms with E-state index in [4.69, 9.17) is 10.00 Å². The number of allylic oxidation sites excluding steroid dienone is 2. The van der Waals surface area contributed by atoms with E-state index < -0.39 is 0 Å². The normalized spacial score (nSPS) is 13.8. The minimum absolute atomic E-state index is 0.752. The average Bonchev–Trinajstić information content (AvgIpc) is 2.27. The zero-order valence-corrected chi connectivity index (χ0v) is 9.97. The SMILES string of the molecule is COc1cc2c(cc1Br)CCC=C2C#N. The van der Waals surface area contributed by atoms with Gasteiger partial charge in [-0.25, -0.2) is 0 Å². The Morgan fingerprint density at radius 3 is 2.93 bits per heavy atom. The molecule has 0 radical (unpaired) electrons. The minimum atomic E-state index is 0.752.